The molecule has 2 N–H and O–H groups in total. The third-order valence-electron chi connectivity index (χ3n) is 4.93. The average molecular weight is 312 g/mol. The first kappa shape index (κ1) is 15.3. The van der Waals surface area contributed by atoms with E-state index in [0.29, 0.717) is 11.3 Å². The van der Waals surface area contributed by atoms with Gasteiger partial charge in [0.1, 0.15) is 17.0 Å². The Morgan fingerprint density at radius 1 is 1.13 bits per heavy atom. The van der Waals surface area contributed by atoms with Gasteiger partial charge in [0.25, 0.3) is 5.91 Å². The highest BCUT2D eigenvalue weighted by Gasteiger charge is 2.93. The minimum Gasteiger partial charge on any atom is -0.496 e. The van der Waals surface area contributed by atoms with Crippen LogP contribution in [0, 0.1) is 33.5 Å². The fourth-order valence-electron chi connectivity index (χ4n) is 3.89. The summed E-state index contributed by atoms with van der Waals surface area (Å²) in [4.78, 5) is 4.17. The summed E-state index contributed by atoms with van der Waals surface area (Å²) in [6, 6.07) is 11.6. The molecular weight excluding hydrogens is 296 g/mol. The van der Waals surface area contributed by atoms with Crippen LogP contribution < -0.4 is 10.5 Å². The first-order valence-corrected chi connectivity index (χ1v) is 6.96. The molecule has 0 radical (unpaired) electrons. The van der Waals surface area contributed by atoms with Gasteiger partial charge in [-0.25, -0.2) is 4.99 Å². The summed E-state index contributed by atoms with van der Waals surface area (Å²) in [6.07, 6.45) is 0. The molecule has 2 aliphatic rings. The van der Waals surface area contributed by atoms with E-state index in [9.17, 15) is 10.5 Å². The van der Waals surface area contributed by atoms with E-state index >= 15 is 0 Å². The maximum absolute atomic E-state index is 9.94. The smallest absolute Gasteiger partial charge is 0.292 e. The normalized spacial score (nSPS) is 33.1. The van der Waals surface area contributed by atoms with E-state index in [2.05, 4.69) is 17.1 Å². The Hall–Kier alpha value is -2.61. The van der Waals surface area contributed by atoms with Gasteiger partial charge >= 0.3 is 0 Å². The average Bonchev–Trinajstić information content (AvgIpc) is 3.17. The molecule has 23 heavy (non-hydrogen) atoms. The predicted molar refractivity (Wildman–Crippen MR) is 80.2 cm³/mol. The van der Waals surface area contributed by atoms with Crippen LogP contribution in [-0.2, 0) is 9.47 Å². The van der Waals surface area contributed by atoms with E-state index in [4.69, 9.17) is 19.9 Å². The predicted octanol–water partition coefficient (Wildman–Crippen LogP) is 1.13. The Kier molecular flexibility index (Phi) is 3.12. The summed E-state index contributed by atoms with van der Waals surface area (Å²) in [6.45, 7) is 0. The Labute approximate surface area is 133 Å². The second kappa shape index (κ2) is 4.69. The molecule has 1 saturated carbocycles. The molecule has 1 aliphatic heterocycles. The Balaban J connectivity index is 2.28. The van der Waals surface area contributed by atoms with Crippen molar-refractivity contribution in [1.82, 2.24) is 0 Å². The van der Waals surface area contributed by atoms with Gasteiger partial charge < -0.3 is 19.9 Å². The lowest BCUT2D eigenvalue weighted by Gasteiger charge is -2.29. The molecule has 0 saturated heterocycles. The Morgan fingerprint density at radius 3 is 2.30 bits per heavy atom. The fraction of sp³-hybridized carbons (Fsp3) is 0.438. The lowest BCUT2D eigenvalue weighted by Crippen LogP contribution is -2.41. The number of amidine groups is 1. The Morgan fingerprint density at radius 2 is 1.78 bits per heavy atom. The van der Waals surface area contributed by atoms with Gasteiger partial charge in [0.05, 0.1) is 19.2 Å². The molecule has 1 heterocycles. The van der Waals surface area contributed by atoms with E-state index in [1.807, 2.05) is 18.2 Å². The molecule has 1 aliphatic carbocycles. The number of fused-ring (bicyclic) bond motifs is 1. The summed E-state index contributed by atoms with van der Waals surface area (Å²) < 4.78 is 16.2. The monoisotopic (exact) mass is 312 g/mol. The van der Waals surface area contributed by atoms with Crippen LogP contribution in [0.3, 0.4) is 0 Å². The molecule has 0 bridgehead atoms. The van der Waals surface area contributed by atoms with E-state index < -0.39 is 22.7 Å². The van der Waals surface area contributed by atoms with Crippen molar-refractivity contribution in [2.45, 2.75) is 11.8 Å². The second-order valence-corrected chi connectivity index (χ2v) is 5.50. The van der Waals surface area contributed by atoms with Crippen molar-refractivity contribution in [2.24, 2.45) is 21.6 Å². The zero-order valence-electron chi connectivity index (χ0n) is 13.0. The molecule has 0 amide bonds. The number of para-hydroxylation sites is 1. The van der Waals surface area contributed by atoms with Gasteiger partial charge in [-0.3, -0.25) is 0 Å². The largest absolute Gasteiger partial charge is 0.496 e. The van der Waals surface area contributed by atoms with Gasteiger partial charge in [-0.05, 0) is 6.07 Å². The quantitative estimate of drug-likeness (QED) is 0.834. The summed E-state index contributed by atoms with van der Waals surface area (Å²) in [5, 5.41) is 19.8. The molecule has 0 spiro atoms. The zero-order chi connectivity index (χ0) is 16.9. The van der Waals surface area contributed by atoms with Crippen LogP contribution in [0.2, 0.25) is 0 Å². The molecule has 1 aromatic carbocycles. The molecule has 1 aromatic rings. The van der Waals surface area contributed by atoms with E-state index in [-0.39, 0.29) is 5.84 Å². The topological polar surface area (TPSA) is 114 Å². The van der Waals surface area contributed by atoms with Crippen molar-refractivity contribution in [3.8, 4) is 17.9 Å². The number of rotatable bonds is 4. The van der Waals surface area contributed by atoms with Gasteiger partial charge in [0.2, 0.25) is 0 Å². The number of hydrogen-bond acceptors (Lipinski definition) is 7. The molecule has 118 valence electrons. The standard InChI is InChI=1S/C16H16N4O3/c1-21-11-7-5-4-6-10(11)12-14(8-17)13(19)20-16(22-2,23-3)15(12,14)9-18/h4-7,12H,1-3H3,(H2,19,20)/t12-,14-,15-/m1/s1. The lowest BCUT2D eigenvalue weighted by molar-refractivity contribution is -0.230. The number of nitriles is 2. The van der Waals surface area contributed by atoms with Crippen LogP contribution in [0.1, 0.15) is 11.5 Å². The van der Waals surface area contributed by atoms with Crippen LogP contribution in [-0.4, -0.2) is 33.1 Å². The maximum atomic E-state index is 9.94. The van der Waals surface area contributed by atoms with E-state index in [1.54, 1.807) is 6.07 Å². The van der Waals surface area contributed by atoms with Gasteiger partial charge in [-0.1, -0.05) is 18.2 Å². The third-order valence-corrected chi connectivity index (χ3v) is 4.93. The molecule has 1 fully saturated rings. The number of hydrogen-bond donors (Lipinski definition) is 1. The van der Waals surface area contributed by atoms with Gasteiger partial charge in [-0.2, -0.15) is 10.5 Å². The van der Waals surface area contributed by atoms with Crippen molar-refractivity contribution in [3.05, 3.63) is 29.8 Å². The molecule has 3 atom stereocenters. The van der Waals surface area contributed by atoms with Crippen LogP contribution in [0.5, 0.6) is 5.75 Å². The number of benzene rings is 1. The highest BCUT2D eigenvalue weighted by Crippen LogP contribution is 2.82. The van der Waals surface area contributed by atoms with E-state index in [1.165, 1.54) is 21.3 Å². The van der Waals surface area contributed by atoms with Gasteiger partial charge in [0.15, 0.2) is 5.41 Å². The molecule has 0 unspecified atom stereocenters. The van der Waals surface area contributed by atoms with Crippen molar-refractivity contribution in [3.63, 3.8) is 0 Å². The highest BCUT2D eigenvalue weighted by molar-refractivity contribution is 6.00. The van der Waals surface area contributed by atoms with Crippen LogP contribution in [0.15, 0.2) is 29.3 Å². The SMILES string of the molecule is COc1ccccc1[C@@H]1[C@]2(C#N)C(N)=NC(OC)(OC)[C@]12C#N. The van der Waals surface area contributed by atoms with Crippen LogP contribution in [0.25, 0.3) is 0 Å². The summed E-state index contributed by atoms with van der Waals surface area (Å²) in [7, 11) is 4.29. The second-order valence-electron chi connectivity index (χ2n) is 5.50. The minimum absolute atomic E-state index is 0.0427. The van der Waals surface area contributed by atoms with Crippen molar-refractivity contribution in [1.29, 1.82) is 10.5 Å². The number of ether oxygens (including phenoxy) is 3. The maximum Gasteiger partial charge on any atom is 0.292 e. The zero-order valence-corrected chi connectivity index (χ0v) is 13.0. The first-order valence-electron chi connectivity index (χ1n) is 6.96. The number of nitrogens with two attached hydrogens (primary N) is 1. The lowest BCUT2D eigenvalue weighted by atomic mass is 9.93. The number of nitrogens with zero attached hydrogens (tertiary/aromatic N) is 3. The summed E-state index contributed by atoms with van der Waals surface area (Å²) >= 11 is 0. The third kappa shape index (κ3) is 1.37. The minimum atomic E-state index is -1.62. The van der Waals surface area contributed by atoms with Crippen LogP contribution >= 0.6 is 0 Å². The number of aliphatic imine (C=N–C) groups is 1. The number of methoxy groups -OCH3 is 3. The summed E-state index contributed by atoms with van der Waals surface area (Å²) in [5.41, 5.74) is 4.08. The molecule has 3 rings (SSSR count). The van der Waals surface area contributed by atoms with Crippen LogP contribution in [0.4, 0.5) is 0 Å². The fourth-order valence-corrected chi connectivity index (χ4v) is 3.89. The molecule has 7 heteroatoms. The van der Waals surface area contributed by atoms with Crippen molar-refractivity contribution >= 4 is 5.84 Å². The molecule has 0 aromatic heterocycles. The molecule has 7 nitrogen and oxygen atoms in total. The highest BCUT2D eigenvalue weighted by atomic mass is 16.7. The first-order chi connectivity index (χ1) is 11.0. The van der Waals surface area contributed by atoms with Gasteiger partial charge in [-0.15, -0.1) is 0 Å². The molecular formula is C16H16N4O3. The van der Waals surface area contributed by atoms with E-state index in [0.717, 1.165) is 0 Å². The van der Waals surface area contributed by atoms with Gasteiger partial charge in [0, 0.05) is 25.7 Å². The van der Waals surface area contributed by atoms with Crippen molar-refractivity contribution in [2.75, 3.05) is 21.3 Å². The van der Waals surface area contributed by atoms with Crippen molar-refractivity contribution < 1.29 is 14.2 Å². The summed E-state index contributed by atoms with van der Waals surface area (Å²) in [5.74, 6) is -1.56. The Bertz CT molecular complexity index is 774.